The molecule has 8 heteroatoms. The number of piperazine rings is 1. The summed E-state index contributed by atoms with van der Waals surface area (Å²) in [7, 11) is 1.68. The van der Waals surface area contributed by atoms with Crippen molar-refractivity contribution in [1.82, 2.24) is 14.7 Å². The van der Waals surface area contributed by atoms with Crippen molar-refractivity contribution in [2.45, 2.75) is 24.5 Å². The van der Waals surface area contributed by atoms with Gasteiger partial charge >= 0.3 is 0 Å². The van der Waals surface area contributed by atoms with E-state index in [2.05, 4.69) is 0 Å². The van der Waals surface area contributed by atoms with Gasteiger partial charge in [-0.15, -0.1) is 0 Å². The third kappa shape index (κ3) is 3.56. The number of hydrogen-bond donors (Lipinski definition) is 0. The Morgan fingerprint density at radius 1 is 0.868 bits per heavy atom. The van der Waals surface area contributed by atoms with Crippen molar-refractivity contribution in [3.05, 3.63) is 107 Å². The molecule has 0 N–H and O–H groups in total. The number of imide groups is 1. The zero-order valence-electron chi connectivity index (χ0n) is 20.8. The van der Waals surface area contributed by atoms with Gasteiger partial charge in [-0.05, 0) is 35.4 Å². The molecule has 192 valence electrons. The number of halogens is 1. The molecule has 3 fully saturated rings. The van der Waals surface area contributed by atoms with Gasteiger partial charge in [0, 0.05) is 30.6 Å². The molecule has 4 amide bonds. The number of carbonyl (C=O) groups excluding carboxylic acids is 4. The smallest absolute Gasteiger partial charge is 0.255 e. The van der Waals surface area contributed by atoms with Crippen molar-refractivity contribution in [3.63, 3.8) is 0 Å². The number of likely N-dealkylation sites (N-methyl/N-ethyl adjacent to an activating group) is 1. The largest absolute Gasteiger partial charge is 0.342 e. The minimum atomic E-state index is -1.53. The molecule has 7 nitrogen and oxygen atoms in total. The first-order valence-electron chi connectivity index (χ1n) is 12.6. The lowest BCUT2D eigenvalue weighted by Gasteiger charge is -2.49. The number of fused-ring (bicyclic) bond motifs is 5. The van der Waals surface area contributed by atoms with Gasteiger partial charge in [-0.25, -0.2) is 0 Å². The highest BCUT2D eigenvalue weighted by molar-refractivity contribution is 6.30. The average Bonchev–Trinajstić information content (AvgIpc) is 3.31. The van der Waals surface area contributed by atoms with Crippen molar-refractivity contribution in [2.75, 3.05) is 13.6 Å². The summed E-state index contributed by atoms with van der Waals surface area (Å²) < 4.78 is 0. The standard InChI is InChI=1S/C30H26ClN3O4/c1-32-18-23-24-25(28(37)33(27(24)36)17-20-10-6-3-7-11-20)30(29(32)38,16-19-8-4-2-5-9-19)34(23)26(35)21-12-14-22(31)15-13-21/h2-15,23-25H,16-18H2,1H3/t23-,24+,25-,30-/m1/s1. The maximum atomic E-state index is 14.2. The maximum absolute atomic E-state index is 14.2. The highest BCUT2D eigenvalue weighted by Gasteiger charge is 2.75. The molecule has 3 aliphatic rings. The molecule has 3 aliphatic heterocycles. The second-order valence-corrected chi connectivity index (χ2v) is 10.7. The predicted octanol–water partition coefficient (Wildman–Crippen LogP) is 3.42. The summed E-state index contributed by atoms with van der Waals surface area (Å²) in [5.41, 5.74) is 0.467. The molecule has 0 aromatic heterocycles. The highest BCUT2D eigenvalue weighted by Crippen LogP contribution is 2.54. The van der Waals surface area contributed by atoms with E-state index in [1.807, 2.05) is 60.7 Å². The zero-order chi connectivity index (χ0) is 26.6. The van der Waals surface area contributed by atoms with Crippen molar-refractivity contribution in [3.8, 4) is 0 Å². The lowest BCUT2D eigenvalue weighted by Crippen LogP contribution is -2.69. The van der Waals surface area contributed by atoms with Gasteiger partial charge in [0.05, 0.1) is 24.4 Å². The van der Waals surface area contributed by atoms with Gasteiger partial charge in [-0.1, -0.05) is 72.3 Å². The van der Waals surface area contributed by atoms with Gasteiger partial charge in [0.1, 0.15) is 5.54 Å². The Morgan fingerprint density at radius 3 is 2.11 bits per heavy atom. The summed E-state index contributed by atoms with van der Waals surface area (Å²) in [4.78, 5) is 60.8. The van der Waals surface area contributed by atoms with Crippen LogP contribution in [0.1, 0.15) is 21.5 Å². The van der Waals surface area contributed by atoms with E-state index in [1.165, 1.54) is 4.90 Å². The van der Waals surface area contributed by atoms with Crippen LogP contribution in [-0.2, 0) is 27.3 Å². The Kier molecular flexibility index (Phi) is 5.83. The number of likely N-dealkylation sites (tertiary alicyclic amines) is 2. The first kappa shape index (κ1) is 24.4. The van der Waals surface area contributed by atoms with E-state index in [4.69, 9.17) is 11.6 Å². The van der Waals surface area contributed by atoms with Crippen LogP contribution in [0.15, 0.2) is 84.9 Å². The van der Waals surface area contributed by atoms with Gasteiger partial charge in [-0.3, -0.25) is 24.1 Å². The molecule has 0 spiro atoms. The minimum Gasteiger partial charge on any atom is -0.342 e. The summed E-state index contributed by atoms with van der Waals surface area (Å²) >= 11 is 6.07. The number of hydrogen-bond acceptors (Lipinski definition) is 4. The highest BCUT2D eigenvalue weighted by atomic mass is 35.5. The normalized spacial score (nSPS) is 26.2. The third-order valence-electron chi connectivity index (χ3n) is 8.12. The number of benzene rings is 3. The minimum absolute atomic E-state index is 0.131. The van der Waals surface area contributed by atoms with Gasteiger partial charge < -0.3 is 9.80 Å². The molecule has 6 rings (SSSR count). The lowest BCUT2D eigenvalue weighted by molar-refractivity contribution is -0.155. The molecule has 0 unspecified atom stereocenters. The van der Waals surface area contributed by atoms with Crippen LogP contribution in [0.3, 0.4) is 0 Å². The van der Waals surface area contributed by atoms with Gasteiger partial charge in [0.2, 0.25) is 17.7 Å². The fraction of sp³-hybridized carbons (Fsp3) is 0.267. The molecular formula is C30H26ClN3O4. The SMILES string of the molecule is CN1C[C@@H]2[C@@H]3C(=O)N(Cc4ccccc4)C(=O)[C@@H]3[C@](Cc3ccccc3)(C1=O)N2C(=O)c1ccc(Cl)cc1. The molecule has 3 heterocycles. The van der Waals surface area contributed by atoms with Crippen LogP contribution >= 0.6 is 11.6 Å². The van der Waals surface area contributed by atoms with Crippen LogP contribution in [0, 0.1) is 11.8 Å². The Balaban J connectivity index is 1.50. The van der Waals surface area contributed by atoms with Crippen molar-refractivity contribution >= 4 is 35.2 Å². The molecule has 0 saturated carbocycles. The predicted molar refractivity (Wildman–Crippen MR) is 141 cm³/mol. The summed E-state index contributed by atoms with van der Waals surface area (Å²) in [6.45, 7) is 0.308. The number of amides is 4. The van der Waals surface area contributed by atoms with E-state index >= 15 is 0 Å². The summed E-state index contributed by atoms with van der Waals surface area (Å²) in [5, 5.41) is 0.483. The van der Waals surface area contributed by atoms with Crippen molar-refractivity contribution in [1.29, 1.82) is 0 Å². The zero-order valence-corrected chi connectivity index (χ0v) is 21.5. The Bertz CT molecular complexity index is 1430. The molecule has 3 aromatic rings. The maximum Gasteiger partial charge on any atom is 0.255 e. The topological polar surface area (TPSA) is 78.0 Å². The van der Waals surface area contributed by atoms with E-state index in [9.17, 15) is 19.2 Å². The second kappa shape index (κ2) is 9.10. The summed E-state index contributed by atoms with van der Waals surface area (Å²) in [6, 6.07) is 24.5. The van der Waals surface area contributed by atoms with Crippen LogP contribution in [0.5, 0.6) is 0 Å². The number of carbonyl (C=O) groups is 4. The van der Waals surface area contributed by atoms with E-state index in [1.54, 1.807) is 41.1 Å². The van der Waals surface area contributed by atoms with Crippen LogP contribution in [0.4, 0.5) is 0 Å². The Morgan fingerprint density at radius 2 is 1.47 bits per heavy atom. The van der Waals surface area contributed by atoms with Crippen LogP contribution < -0.4 is 0 Å². The third-order valence-corrected chi connectivity index (χ3v) is 8.37. The molecule has 0 radical (unpaired) electrons. The molecule has 4 atom stereocenters. The number of rotatable bonds is 5. The van der Waals surface area contributed by atoms with Gasteiger partial charge in [0.25, 0.3) is 5.91 Å². The molecule has 2 bridgehead atoms. The molecule has 38 heavy (non-hydrogen) atoms. The van der Waals surface area contributed by atoms with E-state index < -0.39 is 29.3 Å². The summed E-state index contributed by atoms with van der Waals surface area (Å²) in [6.07, 6.45) is 0.131. The fourth-order valence-electron chi connectivity index (χ4n) is 6.54. The fourth-order valence-corrected chi connectivity index (χ4v) is 6.66. The van der Waals surface area contributed by atoms with Gasteiger partial charge in [-0.2, -0.15) is 0 Å². The Labute approximate surface area is 225 Å². The molecular weight excluding hydrogens is 502 g/mol. The van der Waals surface area contributed by atoms with Crippen LogP contribution in [-0.4, -0.2) is 63.5 Å². The average molecular weight is 528 g/mol. The van der Waals surface area contributed by atoms with E-state index in [0.29, 0.717) is 10.6 Å². The van der Waals surface area contributed by atoms with E-state index in [-0.39, 0.29) is 37.2 Å². The monoisotopic (exact) mass is 527 g/mol. The number of nitrogens with zero attached hydrogens (tertiary/aromatic N) is 3. The van der Waals surface area contributed by atoms with Crippen LogP contribution in [0.25, 0.3) is 0 Å². The summed E-state index contributed by atoms with van der Waals surface area (Å²) in [5.74, 6) is -3.22. The Hall–Kier alpha value is -3.97. The van der Waals surface area contributed by atoms with Gasteiger partial charge in [0.15, 0.2) is 0 Å². The van der Waals surface area contributed by atoms with Crippen LogP contribution in [0.2, 0.25) is 5.02 Å². The van der Waals surface area contributed by atoms with Crippen molar-refractivity contribution in [2.24, 2.45) is 11.8 Å². The molecule has 3 aromatic carbocycles. The van der Waals surface area contributed by atoms with Crippen molar-refractivity contribution < 1.29 is 19.2 Å². The first-order valence-corrected chi connectivity index (χ1v) is 13.0. The second-order valence-electron chi connectivity index (χ2n) is 10.3. The lowest BCUT2D eigenvalue weighted by atomic mass is 9.75. The molecule has 0 aliphatic carbocycles. The quantitative estimate of drug-likeness (QED) is 0.476. The molecule has 3 saturated heterocycles. The first-order chi connectivity index (χ1) is 18.3. The van der Waals surface area contributed by atoms with E-state index in [0.717, 1.165) is 11.1 Å².